The van der Waals surface area contributed by atoms with Crippen LogP contribution in [-0.2, 0) is 27.4 Å². The second kappa shape index (κ2) is 11.9. The van der Waals surface area contributed by atoms with Crippen molar-refractivity contribution in [1.29, 1.82) is 0 Å². The molecule has 0 unspecified atom stereocenters. The predicted octanol–water partition coefficient (Wildman–Crippen LogP) is 1.38. The minimum atomic E-state index is -0.625. The van der Waals surface area contributed by atoms with Gasteiger partial charge in [0.1, 0.15) is 0 Å². The first-order chi connectivity index (χ1) is 14.5. The average Bonchev–Trinajstić information content (AvgIpc) is 2.79. The Bertz CT molecular complexity index is 807. The molecule has 2 aromatic rings. The third-order valence-electron chi connectivity index (χ3n) is 4.46. The van der Waals surface area contributed by atoms with E-state index in [1.54, 1.807) is 24.3 Å². The van der Waals surface area contributed by atoms with Crippen LogP contribution in [0, 0.1) is 0 Å². The van der Waals surface area contributed by atoms with Gasteiger partial charge in [-0.05, 0) is 35.4 Å². The van der Waals surface area contributed by atoms with E-state index in [-0.39, 0.29) is 19.0 Å². The number of nitrogens with two attached hydrogens (primary N) is 2. The number of carbonyl (C=O) groups is 2. The molecule has 2 aromatic carbocycles. The Labute approximate surface area is 176 Å². The summed E-state index contributed by atoms with van der Waals surface area (Å²) in [7, 11) is 2.98. The first-order valence-corrected chi connectivity index (χ1v) is 9.49. The number of amides is 3. The molecule has 0 aliphatic rings. The fraction of sp³-hybridized carbons (Fsp3) is 0.333. The number of anilines is 2. The molecule has 0 radical (unpaired) electrons. The van der Waals surface area contributed by atoms with Crippen LogP contribution in [-0.4, -0.2) is 45.5 Å². The Morgan fingerprint density at radius 3 is 1.97 bits per heavy atom. The summed E-state index contributed by atoms with van der Waals surface area (Å²) in [5.41, 5.74) is 14.4. The lowest BCUT2D eigenvalue weighted by Crippen LogP contribution is -2.47. The number of ether oxygens (including phenoxy) is 2. The molecule has 0 aliphatic heterocycles. The summed E-state index contributed by atoms with van der Waals surface area (Å²) in [6.07, 6.45) is -0.625. The number of hydrogen-bond donors (Lipinski definition) is 4. The van der Waals surface area contributed by atoms with Crippen molar-refractivity contribution in [3.63, 3.8) is 0 Å². The number of benzene rings is 2. The average molecular weight is 415 g/mol. The summed E-state index contributed by atoms with van der Waals surface area (Å²) >= 11 is 0. The van der Waals surface area contributed by atoms with Crippen LogP contribution in [0.2, 0.25) is 0 Å². The number of urea groups is 1. The van der Waals surface area contributed by atoms with Crippen molar-refractivity contribution in [2.75, 3.05) is 37.5 Å². The first kappa shape index (κ1) is 23.3. The molecule has 0 spiro atoms. The minimum Gasteiger partial charge on any atom is -0.354 e. The second-order valence-electron chi connectivity index (χ2n) is 6.49. The number of methoxy groups -OCH3 is 2. The second-order valence-corrected chi connectivity index (χ2v) is 6.49. The molecule has 9 heteroatoms. The highest BCUT2D eigenvalue weighted by atomic mass is 16.7. The molecular weight excluding hydrogens is 386 g/mol. The number of nitrogens with one attached hydrogen (secondary N) is 2. The molecule has 6 N–H and O–H groups in total. The zero-order chi connectivity index (χ0) is 21.9. The molecule has 2 rings (SSSR count). The van der Waals surface area contributed by atoms with E-state index in [1.165, 1.54) is 19.1 Å². The van der Waals surface area contributed by atoms with Crippen LogP contribution in [0.25, 0.3) is 0 Å². The van der Waals surface area contributed by atoms with E-state index in [4.69, 9.17) is 20.9 Å². The third kappa shape index (κ3) is 6.82. The first-order valence-electron chi connectivity index (χ1n) is 9.49. The van der Waals surface area contributed by atoms with Crippen molar-refractivity contribution >= 4 is 23.3 Å². The quantitative estimate of drug-likeness (QED) is 0.434. The van der Waals surface area contributed by atoms with Crippen LogP contribution < -0.4 is 27.0 Å². The van der Waals surface area contributed by atoms with Gasteiger partial charge in [0.2, 0.25) is 5.91 Å². The van der Waals surface area contributed by atoms with Crippen LogP contribution in [0.1, 0.15) is 11.1 Å². The summed E-state index contributed by atoms with van der Waals surface area (Å²) in [6.45, 7) is 0.774. The van der Waals surface area contributed by atoms with Crippen molar-refractivity contribution in [3.05, 3.63) is 59.7 Å². The van der Waals surface area contributed by atoms with Gasteiger partial charge in [-0.25, -0.2) is 4.79 Å². The van der Waals surface area contributed by atoms with Gasteiger partial charge in [-0.15, -0.1) is 0 Å². The van der Waals surface area contributed by atoms with Gasteiger partial charge in [0, 0.05) is 38.7 Å². The number of hydrogen-bond acceptors (Lipinski definition) is 6. The lowest BCUT2D eigenvalue weighted by atomic mass is 10.2. The Balaban J connectivity index is 2.01. The molecule has 0 saturated carbocycles. The summed E-state index contributed by atoms with van der Waals surface area (Å²) in [4.78, 5) is 26.5. The van der Waals surface area contributed by atoms with E-state index in [9.17, 15) is 9.59 Å². The van der Waals surface area contributed by atoms with Crippen molar-refractivity contribution in [2.45, 2.75) is 19.4 Å². The van der Waals surface area contributed by atoms with E-state index < -0.39 is 12.3 Å². The van der Waals surface area contributed by atoms with E-state index in [0.29, 0.717) is 24.5 Å². The SMILES string of the molecule is COC(CN(C(=O)NCC(=O)Nc1ccc(CN)cc1)c1ccc(CN)cc1)OC. The van der Waals surface area contributed by atoms with Gasteiger partial charge in [0.15, 0.2) is 6.29 Å². The summed E-state index contributed by atoms with van der Waals surface area (Å²) in [6, 6.07) is 14.0. The Hall–Kier alpha value is -2.98. The lowest BCUT2D eigenvalue weighted by Gasteiger charge is -2.26. The normalized spacial score (nSPS) is 10.7. The highest BCUT2D eigenvalue weighted by Gasteiger charge is 2.21. The molecule has 0 heterocycles. The Kier molecular flexibility index (Phi) is 9.23. The third-order valence-corrected chi connectivity index (χ3v) is 4.46. The van der Waals surface area contributed by atoms with Crippen molar-refractivity contribution in [1.82, 2.24) is 5.32 Å². The van der Waals surface area contributed by atoms with Crippen molar-refractivity contribution < 1.29 is 19.1 Å². The van der Waals surface area contributed by atoms with Crippen LogP contribution in [0.5, 0.6) is 0 Å². The topological polar surface area (TPSA) is 132 Å². The van der Waals surface area contributed by atoms with Crippen molar-refractivity contribution in [2.24, 2.45) is 11.5 Å². The van der Waals surface area contributed by atoms with E-state index in [1.807, 2.05) is 24.3 Å². The fourth-order valence-electron chi connectivity index (χ4n) is 2.69. The monoisotopic (exact) mass is 415 g/mol. The molecule has 30 heavy (non-hydrogen) atoms. The maximum atomic E-state index is 12.8. The van der Waals surface area contributed by atoms with Gasteiger partial charge in [-0.1, -0.05) is 24.3 Å². The maximum absolute atomic E-state index is 12.8. The van der Waals surface area contributed by atoms with Gasteiger partial charge in [0.05, 0.1) is 13.1 Å². The predicted molar refractivity (Wildman–Crippen MR) is 116 cm³/mol. The highest BCUT2D eigenvalue weighted by molar-refractivity contribution is 5.98. The molecule has 3 amide bonds. The number of rotatable bonds is 10. The fourth-order valence-corrected chi connectivity index (χ4v) is 2.69. The van der Waals surface area contributed by atoms with Gasteiger partial charge < -0.3 is 31.6 Å². The molecule has 9 nitrogen and oxygen atoms in total. The van der Waals surface area contributed by atoms with Crippen LogP contribution in [0.15, 0.2) is 48.5 Å². The zero-order valence-corrected chi connectivity index (χ0v) is 17.3. The highest BCUT2D eigenvalue weighted by Crippen LogP contribution is 2.17. The lowest BCUT2D eigenvalue weighted by molar-refractivity contribution is -0.115. The molecule has 162 valence electrons. The zero-order valence-electron chi connectivity index (χ0n) is 17.3. The van der Waals surface area contributed by atoms with Crippen LogP contribution >= 0.6 is 0 Å². The van der Waals surface area contributed by atoms with E-state index in [0.717, 1.165) is 11.1 Å². The number of nitrogens with zero attached hydrogens (tertiary/aromatic N) is 1. The van der Waals surface area contributed by atoms with Crippen molar-refractivity contribution in [3.8, 4) is 0 Å². The molecular formula is C21H29N5O4. The largest absolute Gasteiger partial charge is 0.354 e. The molecule has 0 saturated heterocycles. The summed E-state index contributed by atoms with van der Waals surface area (Å²) in [5, 5.41) is 5.35. The molecule has 0 fully saturated rings. The maximum Gasteiger partial charge on any atom is 0.322 e. The number of carbonyl (C=O) groups excluding carboxylic acids is 2. The molecule has 0 aromatic heterocycles. The van der Waals surface area contributed by atoms with Crippen LogP contribution in [0.3, 0.4) is 0 Å². The smallest absolute Gasteiger partial charge is 0.322 e. The molecule has 0 aliphatic carbocycles. The van der Waals surface area contributed by atoms with E-state index in [2.05, 4.69) is 10.6 Å². The molecule has 0 bridgehead atoms. The Morgan fingerprint density at radius 2 is 1.47 bits per heavy atom. The van der Waals surface area contributed by atoms with E-state index >= 15 is 0 Å². The Morgan fingerprint density at radius 1 is 0.933 bits per heavy atom. The minimum absolute atomic E-state index is 0.142. The van der Waals surface area contributed by atoms with Gasteiger partial charge >= 0.3 is 6.03 Å². The molecule has 0 atom stereocenters. The van der Waals surface area contributed by atoms with Crippen LogP contribution in [0.4, 0.5) is 16.2 Å². The summed E-state index contributed by atoms with van der Waals surface area (Å²) < 4.78 is 10.4. The standard InChI is InChI=1S/C21H29N5O4/c1-29-20(30-2)14-26(18-9-5-16(12-23)6-10-18)21(28)24-13-19(27)25-17-7-3-15(11-22)4-8-17/h3-10,20H,11-14,22-23H2,1-2H3,(H,24,28)(H,25,27). The van der Waals surface area contributed by atoms with Gasteiger partial charge in [-0.2, -0.15) is 0 Å². The van der Waals surface area contributed by atoms with Gasteiger partial charge in [-0.3, -0.25) is 9.69 Å². The van der Waals surface area contributed by atoms with Gasteiger partial charge in [0.25, 0.3) is 0 Å². The summed E-state index contributed by atoms with van der Waals surface area (Å²) in [5.74, 6) is -0.350.